The highest BCUT2D eigenvalue weighted by atomic mass is 19.1. The summed E-state index contributed by atoms with van der Waals surface area (Å²) in [5, 5.41) is 9.07. The van der Waals surface area contributed by atoms with Crippen LogP contribution in [-0.2, 0) is 6.42 Å². The molecule has 0 saturated heterocycles. The number of hydrogen-bond acceptors (Lipinski definition) is 4. The molecule has 1 saturated carbocycles. The van der Waals surface area contributed by atoms with E-state index in [9.17, 15) is 4.39 Å². The lowest BCUT2D eigenvalue weighted by Gasteiger charge is -2.21. The summed E-state index contributed by atoms with van der Waals surface area (Å²) in [7, 11) is 0. The van der Waals surface area contributed by atoms with Crippen molar-refractivity contribution in [2.45, 2.75) is 45.4 Å². The van der Waals surface area contributed by atoms with E-state index in [4.69, 9.17) is 4.98 Å². The first-order chi connectivity index (χ1) is 19.1. The molecule has 196 valence electrons. The van der Waals surface area contributed by atoms with Crippen molar-refractivity contribution < 1.29 is 4.39 Å². The van der Waals surface area contributed by atoms with E-state index in [1.807, 2.05) is 31.5 Å². The van der Waals surface area contributed by atoms with Gasteiger partial charge in [0.15, 0.2) is 11.5 Å². The molecule has 0 radical (unpaired) electrons. The number of nitrogens with one attached hydrogen (secondary N) is 2. The molecule has 6 rings (SSSR count). The van der Waals surface area contributed by atoms with Crippen LogP contribution in [0.3, 0.4) is 0 Å². The Morgan fingerprint density at radius 3 is 2.82 bits per heavy atom. The first-order valence-electron chi connectivity index (χ1n) is 13.6. The molecular formula is C32H31FN6. The van der Waals surface area contributed by atoms with Crippen LogP contribution >= 0.6 is 0 Å². The van der Waals surface area contributed by atoms with Crippen LogP contribution < -0.4 is 10.6 Å². The molecule has 6 nitrogen and oxygen atoms in total. The van der Waals surface area contributed by atoms with Gasteiger partial charge < -0.3 is 4.98 Å². The van der Waals surface area contributed by atoms with Crippen molar-refractivity contribution >= 4 is 29.4 Å². The van der Waals surface area contributed by atoms with Crippen LogP contribution in [0.2, 0.25) is 0 Å². The Kier molecular flexibility index (Phi) is 6.88. The third-order valence-electron chi connectivity index (χ3n) is 7.62. The van der Waals surface area contributed by atoms with Gasteiger partial charge in [0.2, 0.25) is 0 Å². The summed E-state index contributed by atoms with van der Waals surface area (Å²) in [5.41, 5.74) is 6.87. The largest absolute Gasteiger partial charge is 0.335 e. The van der Waals surface area contributed by atoms with Gasteiger partial charge in [-0.1, -0.05) is 56.9 Å². The van der Waals surface area contributed by atoms with Gasteiger partial charge in [-0.25, -0.2) is 14.4 Å². The summed E-state index contributed by atoms with van der Waals surface area (Å²) in [5.74, 6) is 1.03. The maximum absolute atomic E-state index is 13.9. The van der Waals surface area contributed by atoms with E-state index in [0.29, 0.717) is 22.5 Å². The SMILES string of the molecule is C=c1[nH]nc(-c2nc3nccc(-c4cccc(F)c4)c3[nH]2)/c1=C/C(=C\C)c1cncc(CC2CCCCC2)c1. The van der Waals surface area contributed by atoms with Gasteiger partial charge in [-0.05, 0) is 71.9 Å². The molecule has 0 atom stereocenters. The summed E-state index contributed by atoms with van der Waals surface area (Å²) in [6, 6.07) is 10.6. The highest BCUT2D eigenvalue weighted by Gasteiger charge is 2.16. The Balaban J connectivity index is 1.38. The van der Waals surface area contributed by atoms with E-state index in [-0.39, 0.29) is 5.82 Å². The number of halogens is 1. The van der Waals surface area contributed by atoms with Gasteiger partial charge in [-0.2, -0.15) is 5.10 Å². The van der Waals surface area contributed by atoms with Crippen molar-refractivity contribution in [1.29, 1.82) is 0 Å². The van der Waals surface area contributed by atoms with Crippen molar-refractivity contribution in [1.82, 2.24) is 30.1 Å². The molecule has 5 aromatic rings. The van der Waals surface area contributed by atoms with Gasteiger partial charge in [-0.3, -0.25) is 10.1 Å². The molecule has 0 bridgehead atoms. The maximum Gasteiger partial charge on any atom is 0.178 e. The van der Waals surface area contributed by atoms with Crippen LogP contribution in [0.1, 0.15) is 50.2 Å². The zero-order chi connectivity index (χ0) is 26.8. The van der Waals surface area contributed by atoms with Crippen LogP contribution in [0, 0.1) is 11.7 Å². The lowest BCUT2D eigenvalue weighted by molar-refractivity contribution is 0.356. The molecule has 4 aromatic heterocycles. The lowest BCUT2D eigenvalue weighted by Crippen LogP contribution is -2.22. The fourth-order valence-electron chi connectivity index (χ4n) is 5.61. The van der Waals surface area contributed by atoms with Crippen molar-refractivity contribution in [3.05, 3.63) is 88.6 Å². The zero-order valence-corrected chi connectivity index (χ0v) is 22.0. The number of allylic oxidation sites excluding steroid dienone is 2. The van der Waals surface area contributed by atoms with Crippen LogP contribution in [0.4, 0.5) is 4.39 Å². The Morgan fingerprint density at radius 2 is 2.00 bits per heavy atom. The van der Waals surface area contributed by atoms with Crippen molar-refractivity contribution in [3.8, 4) is 22.6 Å². The monoisotopic (exact) mass is 518 g/mol. The second-order valence-corrected chi connectivity index (χ2v) is 10.3. The highest BCUT2D eigenvalue weighted by Crippen LogP contribution is 2.29. The molecule has 0 spiro atoms. The van der Waals surface area contributed by atoms with Crippen LogP contribution in [0.15, 0.2) is 61.1 Å². The number of fused-ring (bicyclic) bond motifs is 1. The zero-order valence-electron chi connectivity index (χ0n) is 22.0. The summed E-state index contributed by atoms with van der Waals surface area (Å²) in [6.45, 7) is 6.21. The molecule has 0 amide bonds. The van der Waals surface area contributed by atoms with Crippen LogP contribution in [-0.4, -0.2) is 30.1 Å². The van der Waals surface area contributed by atoms with Crippen LogP contribution in [0.25, 0.3) is 52.0 Å². The molecule has 1 aromatic carbocycles. The number of nitrogens with zero attached hydrogens (tertiary/aromatic N) is 4. The van der Waals surface area contributed by atoms with Gasteiger partial charge in [0.05, 0.1) is 10.9 Å². The molecule has 7 heteroatoms. The molecule has 2 N–H and O–H groups in total. The van der Waals surface area contributed by atoms with E-state index in [1.165, 1.54) is 49.8 Å². The first kappa shape index (κ1) is 24.9. The van der Waals surface area contributed by atoms with Gasteiger partial charge in [-0.15, -0.1) is 0 Å². The number of hydrogen-bond donors (Lipinski definition) is 2. The number of benzene rings is 1. The molecule has 0 aliphatic heterocycles. The molecule has 1 fully saturated rings. The number of aromatic amines is 2. The van der Waals surface area contributed by atoms with Gasteiger partial charge in [0.25, 0.3) is 0 Å². The Morgan fingerprint density at radius 1 is 1.13 bits per heavy atom. The summed E-state index contributed by atoms with van der Waals surface area (Å²) in [4.78, 5) is 17.1. The van der Waals surface area contributed by atoms with E-state index in [0.717, 1.165) is 45.3 Å². The summed E-state index contributed by atoms with van der Waals surface area (Å²) < 4.78 is 13.9. The average molecular weight is 519 g/mol. The first-order valence-corrected chi connectivity index (χ1v) is 13.6. The smallest absolute Gasteiger partial charge is 0.178 e. The molecule has 4 heterocycles. The van der Waals surface area contributed by atoms with Crippen molar-refractivity contribution in [2.75, 3.05) is 0 Å². The average Bonchev–Trinajstić information content (AvgIpc) is 3.55. The Labute approximate surface area is 226 Å². The predicted octanol–water partition coefficient (Wildman–Crippen LogP) is 5.97. The normalized spacial score (nSPS) is 15.3. The third kappa shape index (κ3) is 5.17. The molecular weight excluding hydrogens is 487 g/mol. The number of aromatic nitrogens is 6. The van der Waals surface area contributed by atoms with Gasteiger partial charge in [0.1, 0.15) is 11.5 Å². The number of imidazole rings is 1. The standard InChI is InChI=1S/C32H31FN6/c1-3-23(25-15-22(18-34-19-25)14-21-8-5-4-6-9-21)17-28-20(2)38-39-30(28)32-36-29-27(12-13-35-31(29)37-32)24-10-7-11-26(33)16-24/h3,7,10-13,15-19,21,38H,2,4-6,8-9,14H2,1H3,(H,35,36,37)/b23-3+,28-17+. The number of pyridine rings is 2. The minimum atomic E-state index is -0.292. The molecule has 39 heavy (non-hydrogen) atoms. The van der Waals surface area contributed by atoms with Gasteiger partial charge in [0, 0.05) is 29.4 Å². The molecule has 0 unspecified atom stereocenters. The number of rotatable bonds is 6. The maximum atomic E-state index is 13.9. The van der Waals surface area contributed by atoms with Gasteiger partial charge >= 0.3 is 0 Å². The Bertz CT molecular complexity index is 1770. The fraction of sp³-hybridized carbons (Fsp3) is 0.250. The highest BCUT2D eigenvalue weighted by molar-refractivity contribution is 5.92. The second kappa shape index (κ2) is 10.8. The van der Waals surface area contributed by atoms with E-state index < -0.39 is 0 Å². The van der Waals surface area contributed by atoms with E-state index >= 15 is 0 Å². The third-order valence-corrected chi connectivity index (χ3v) is 7.62. The molecule has 1 aliphatic rings. The van der Waals surface area contributed by atoms with E-state index in [1.54, 1.807) is 12.3 Å². The summed E-state index contributed by atoms with van der Waals surface area (Å²) >= 11 is 0. The quantitative estimate of drug-likeness (QED) is 0.290. The molecule has 1 aliphatic carbocycles. The minimum Gasteiger partial charge on any atom is -0.335 e. The number of H-pyrrole nitrogens is 2. The van der Waals surface area contributed by atoms with Crippen LogP contribution in [0.5, 0.6) is 0 Å². The Hall–Kier alpha value is -4.39. The summed E-state index contributed by atoms with van der Waals surface area (Å²) in [6.07, 6.45) is 17.5. The topological polar surface area (TPSA) is 83.1 Å². The van der Waals surface area contributed by atoms with Crippen molar-refractivity contribution in [2.24, 2.45) is 5.92 Å². The van der Waals surface area contributed by atoms with E-state index in [2.05, 4.69) is 49.9 Å². The second-order valence-electron chi connectivity index (χ2n) is 10.3. The lowest BCUT2D eigenvalue weighted by atomic mass is 9.85. The minimum absolute atomic E-state index is 0.292. The van der Waals surface area contributed by atoms with Crippen molar-refractivity contribution in [3.63, 3.8) is 0 Å². The predicted molar refractivity (Wildman–Crippen MR) is 154 cm³/mol. The fourth-order valence-corrected chi connectivity index (χ4v) is 5.61.